The van der Waals surface area contributed by atoms with Gasteiger partial charge >= 0.3 is 0 Å². The van der Waals surface area contributed by atoms with Crippen molar-refractivity contribution in [2.75, 3.05) is 11.9 Å². The van der Waals surface area contributed by atoms with Gasteiger partial charge in [0.1, 0.15) is 11.6 Å². The molecule has 0 aliphatic carbocycles. The van der Waals surface area contributed by atoms with E-state index in [0.29, 0.717) is 30.4 Å². The monoisotopic (exact) mass is 253 g/mol. The van der Waals surface area contributed by atoms with Crippen molar-refractivity contribution in [1.29, 1.82) is 0 Å². The Morgan fingerprint density at radius 1 is 1.44 bits per heavy atom. The van der Waals surface area contributed by atoms with Crippen molar-refractivity contribution < 1.29 is 13.9 Å². The van der Waals surface area contributed by atoms with Gasteiger partial charge in [-0.1, -0.05) is 13.8 Å². The number of benzene rings is 1. The average molecular weight is 253 g/mol. The van der Waals surface area contributed by atoms with Crippen LogP contribution in [0.2, 0.25) is 0 Å². The Hall–Kier alpha value is -1.58. The van der Waals surface area contributed by atoms with Gasteiger partial charge in [-0.05, 0) is 31.4 Å². The predicted molar refractivity (Wildman–Crippen MR) is 70.3 cm³/mol. The van der Waals surface area contributed by atoms with E-state index in [1.807, 2.05) is 6.92 Å². The molecule has 0 aliphatic heterocycles. The Morgan fingerprint density at radius 3 is 2.78 bits per heavy atom. The fraction of sp³-hybridized carbons (Fsp3) is 0.500. The Morgan fingerprint density at radius 2 is 2.17 bits per heavy atom. The Bertz CT molecular complexity index is 405. The summed E-state index contributed by atoms with van der Waals surface area (Å²) >= 11 is 0. The van der Waals surface area contributed by atoms with Crippen LogP contribution in [-0.2, 0) is 4.79 Å². The summed E-state index contributed by atoms with van der Waals surface area (Å²) in [6.45, 7) is 6.38. The lowest BCUT2D eigenvalue weighted by molar-refractivity contribution is -0.116. The normalized spacial score (nSPS) is 10.5. The smallest absolute Gasteiger partial charge is 0.224 e. The Kier molecular flexibility index (Phi) is 5.62. The summed E-state index contributed by atoms with van der Waals surface area (Å²) in [5.41, 5.74) is 0.520. The first-order valence-corrected chi connectivity index (χ1v) is 6.25. The van der Waals surface area contributed by atoms with E-state index in [0.717, 1.165) is 6.42 Å². The lowest BCUT2D eigenvalue weighted by Crippen LogP contribution is -2.13. The van der Waals surface area contributed by atoms with Crippen molar-refractivity contribution in [3.63, 3.8) is 0 Å². The zero-order chi connectivity index (χ0) is 13.5. The van der Waals surface area contributed by atoms with Crippen molar-refractivity contribution in [3.8, 4) is 5.75 Å². The van der Waals surface area contributed by atoms with Crippen molar-refractivity contribution in [1.82, 2.24) is 0 Å². The highest BCUT2D eigenvalue weighted by Gasteiger charge is 2.09. The molecule has 100 valence electrons. The van der Waals surface area contributed by atoms with Crippen molar-refractivity contribution in [3.05, 3.63) is 24.0 Å². The van der Waals surface area contributed by atoms with E-state index in [4.69, 9.17) is 4.74 Å². The molecule has 0 radical (unpaired) electrons. The van der Waals surface area contributed by atoms with Gasteiger partial charge in [0.25, 0.3) is 0 Å². The maximum atomic E-state index is 13.1. The Labute approximate surface area is 107 Å². The summed E-state index contributed by atoms with van der Waals surface area (Å²) in [5.74, 6) is 0.403. The molecule has 1 aromatic carbocycles. The first-order valence-electron chi connectivity index (χ1n) is 6.25. The molecule has 1 amide bonds. The summed E-state index contributed by atoms with van der Waals surface area (Å²) in [6, 6.07) is 4.11. The minimum atomic E-state index is -0.376. The summed E-state index contributed by atoms with van der Waals surface area (Å²) in [6.07, 6.45) is 1.29. The molecule has 1 rings (SSSR count). The van der Waals surface area contributed by atoms with Crippen LogP contribution in [0.25, 0.3) is 0 Å². The quantitative estimate of drug-likeness (QED) is 0.841. The van der Waals surface area contributed by atoms with E-state index < -0.39 is 0 Å². The van der Waals surface area contributed by atoms with Gasteiger partial charge in [-0.2, -0.15) is 0 Å². The van der Waals surface area contributed by atoms with Gasteiger partial charge < -0.3 is 10.1 Å². The molecule has 4 heteroatoms. The molecule has 0 fully saturated rings. The van der Waals surface area contributed by atoms with Gasteiger partial charge in [-0.15, -0.1) is 0 Å². The highest BCUT2D eigenvalue weighted by molar-refractivity contribution is 5.92. The predicted octanol–water partition coefficient (Wildman–Crippen LogP) is 3.60. The van der Waals surface area contributed by atoms with Crippen LogP contribution >= 0.6 is 0 Å². The van der Waals surface area contributed by atoms with Crippen molar-refractivity contribution >= 4 is 11.6 Å². The third-order valence-corrected chi connectivity index (χ3v) is 2.47. The number of carbonyl (C=O) groups excluding carboxylic acids is 1. The Balaban J connectivity index is 2.68. The molecule has 3 nitrogen and oxygen atoms in total. The van der Waals surface area contributed by atoms with Gasteiger partial charge in [-0.25, -0.2) is 4.39 Å². The van der Waals surface area contributed by atoms with Crippen LogP contribution in [0.1, 0.15) is 33.6 Å². The summed E-state index contributed by atoms with van der Waals surface area (Å²) in [4.78, 5) is 11.7. The third kappa shape index (κ3) is 4.73. The summed E-state index contributed by atoms with van der Waals surface area (Å²) in [7, 11) is 0. The molecule has 0 bridgehead atoms. The van der Waals surface area contributed by atoms with Crippen LogP contribution in [0.15, 0.2) is 18.2 Å². The molecule has 1 aromatic rings. The minimum absolute atomic E-state index is 0.0729. The fourth-order valence-corrected chi connectivity index (χ4v) is 1.51. The molecular formula is C14H20FNO2. The SMILES string of the molecule is CCOc1cc(F)ccc1NC(=O)CCC(C)C. The number of amides is 1. The van der Waals surface area contributed by atoms with Crippen LogP contribution in [0.4, 0.5) is 10.1 Å². The molecule has 0 saturated heterocycles. The van der Waals surface area contributed by atoms with E-state index in [1.54, 1.807) is 0 Å². The molecule has 0 aromatic heterocycles. The molecule has 0 atom stereocenters. The highest BCUT2D eigenvalue weighted by atomic mass is 19.1. The maximum absolute atomic E-state index is 13.1. The van der Waals surface area contributed by atoms with E-state index in [1.165, 1.54) is 18.2 Å². The summed E-state index contributed by atoms with van der Waals surface area (Å²) < 4.78 is 18.4. The second-order valence-corrected chi connectivity index (χ2v) is 4.55. The number of anilines is 1. The van der Waals surface area contributed by atoms with Crippen LogP contribution in [0.5, 0.6) is 5.75 Å². The lowest BCUT2D eigenvalue weighted by Gasteiger charge is -2.12. The second kappa shape index (κ2) is 6.99. The highest BCUT2D eigenvalue weighted by Crippen LogP contribution is 2.25. The molecule has 0 heterocycles. The lowest BCUT2D eigenvalue weighted by atomic mass is 10.1. The zero-order valence-corrected chi connectivity index (χ0v) is 11.1. The average Bonchev–Trinajstić information content (AvgIpc) is 2.30. The molecule has 1 N–H and O–H groups in total. The number of nitrogens with one attached hydrogen (secondary N) is 1. The number of halogens is 1. The van der Waals surface area contributed by atoms with Gasteiger partial charge in [0.2, 0.25) is 5.91 Å². The van der Waals surface area contributed by atoms with Gasteiger partial charge in [0.05, 0.1) is 12.3 Å². The van der Waals surface area contributed by atoms with Crippen LogP contribution < -0.4 is 10.1 Å². The largest absolute Gasteiger partial charge is 0.492 e. The van der Waals surface area contributed by atoms with E-state index in [2.05, 4.69) is 19.2 Å². The first-order chi connectivity index (χ1) is 8.52. The molecule has 0 aliphatic rings. The number of hydrogen-bond acceptors (Lipinski definition) is 2. The van der Waals surface area contributed by atoms with Crippen LogP contribution in [0, 0.1) is 11.7 Å². The van der Waals surface area contributed by atoms with Crippen molar-refractivity contribution in [2.45, 2.75) is 33.6 Å². The molecule has 0 unspecified atom stereocenters. The number of carbonyl (C=O) groups is 1. The van der Waals surface area contributed by atoms with E-state index in [9.17, 15) is 9.18 Å². The van der Waals surface area contributed by atoms with Gasteiger partial charge in [0, 0.05) is 12.5 Å². The summed E-state index contributed by atoms with van der Waals surface area (Å²) in [5, 5.41) is 2.75. The van der Waals surface area contributed by atoms with Crippen LogP contribution in [0.3, 0.4) is 0 Å². The minimum Gasteiger partial charge on any atom is -0.492 e. The topological polar surface area (TPSA) is 38.3 Å². The number of ether oxygens (including phenoxy) is 1. The zero-order valence-electron chi connectivity index (χ0n) is 11.1. The van der Waals surface area contributed by atoms with Gasteiger partial charge in [-0.3, -0.25) is 4.79 Å². The second-order valence-electron chi connectivity index (χ2n) is 4.55. The van der Waals surface area contributed by atoms with Gasteiger partial charge in [0.15, 0.2) is 0 Å². The molecule has 0 saturated carbocycles. The first kappa shape index (κ1) is 14.5. The van der Waals surface area contributed by atoms with E-state index in [-0.39, 0.29) is 11.7 Å². The third-order valence-electron chi connectivity index (χ3n) is 2.47. The van der Waals surface area contributed by atoms with Crippen molar-refractivity contribution in [2.24, 2.45) is 5.92 Å². The maximum Gasteiger partial charge on any atom is 0.224 e. The van der Waals surface area contributed by atoms with Crippen LogP contribution in [-0.4, -0.2) is 12.5 Å². The fourth-order valence-electron chi connectivity index (χ4n) is 1.51. The standard InChI is InChI=1S/C14H20FNO2/c1-4-18-13-9-11(15)6-7-12(13)16-14(17)8-5-10(2)3/h6-7,9-10H,4-5,8H2,1-3H3,(H,16,17). The van der Waals surface area contributed by atoms with E-state index >= 15 is 0 Å². The molecule has 0 spiro atoms. The number of rotatable bonds is 6. The number of hydrogen-bond donors (Lipinski definition) is 1. The molecular weight excluding hydrogens is 233 g/mol. The molecule has 18 heavy (non-hydrogen) atoms.